The van der Waals surface area contributed by atoms with E-state index in [0.717, 1.165) is 17.7 Å². The average molecular weight is 378 g/mol. The largest absolute Gasteiger partial charge is 0.321 e. The maximum Gasteiger partial charge on any atom is 0.255 e. The maximum atomic E-state index is 14.0. The van der Waals surface area contributed by atoms with Crippen LogP contribution in [0.4, 0.5) is 14.5 Å². The summed E-state index contributed by atoms with van der Waals surface area (Å²) in [6, 6.07) is 17.9. The molecule has 1 N–H and O–H groups in total. The Balaban J connectivity index is 1.69. The molecule has 28 heavy (non-hydrogen) atoms. The quantitative estimate of drug-likeness (QED) is 0.736. The van der Waals surface area contributed by atoms with Crippen molar-refractivity contribution in [1.82, 2.24) is 4.90 Å². The molecule has 0 saturated heterocycles. The number of rotatable bonds is 4. The Morgan fingerprint density at radius 2 is 1.68 bits per heavy atom. The fraction of sp³-hybridized carbons (Fsp3) is 0.0909. The highest BCUT2D eigenvalue weighted by Crippen LogP contribution is 2.32. The van der Waals surface area contributed by atoms with Crippen LogP contribution in [0.5, 0.6) is 0 Å². The Morgan fingerprint density at radius 1 is 0.964 bits per heavy atom. The summed E-state index contributed by atoms with van der Waals surface area (Å²) in [6.45, 7) is 0.272. The van der Waals surface area contributed by atoms with Gasteiger partial charge in [-0.1, -0.05) is 48.5 Å². The van der Waals surface area contributed by atoms with E-state index in [2.05, 4.69) is 5.32 Å². The predicted octanol–water partition coefficient (Wildman–Crippen LogP) is 4.30. The van der Waals surface area contributed by atoms with Crippen molar-refractivity contribution >= 4 is 17.5 Å². The van der Waals surface area contributed by atoms with Gasteiger partial charge in [0, 0.05) is 18.2 Å². The summed E-state index contributed by atoms with van der Waals surface area (Å²) in [7, 11) is 0. The Labute approximate surface area is 160 Å². The molecule has 3 aromatic rings. The highest BCUT2D eigenvalue weighted by Gasteiger charge is 2.37. The zero-order chi connectivity index (χ0) is 19.7. The number of nitrogens with one attached hydrogen (secondary N) is 1. The number of amides is 2. The molecule has 3 aromatic carbocycles. The zero-order valence-corrected chi connectivity index (χ0v) is 14.7. The van der Waals surface area contributed by atoms with Gasteiger partial charge in [0.2, 0.25) is 0 Å². The van der Waals surface area contributed by atoms with Crippen molar-refractivity contribution in [2.45, 2.75) is 12.6 Å². The van der Waals surface area contributed by atoms with E-state index in [4.69, 9.17) is 0 Å². The lowest BCUT2D eigenvalue weighted by Crippen LogP contribution is -2.37. The Morgan fingerprint density at radius 3 is 2.39 bits per heavy atom. The van der Waals surface area contributed by atoms with Gasteiger partial charge in [0.1, 0.15) is 17.7 Å². The first-order valence-electron chi connectivity index (χ1n) is 8.74. The fourth-order valence-electron chi connectivity index (χ4n) is 3.39. The first-order chi connectivity index (χ1) is 13.5. The molecule has 0 aromatic heterocycles. The van der Waals surface area contributed by atoms with Crippen LogP contribution in [0, 0.1) is 11.6 Å². The minimum absolute atomic E-state index is 0.142. The third kappa shape index (κ3) is 3.24. The molecule has 0 bridgehead atoms. The highest BCUT2D eigenvalue weighted by molar-refractivity contribution is 6.04. The van der Waals surface area contributed by atoms with Gasteiger partial charge in [0.25, 0.3) is 11.8 Å². The lowest BCUT2D eigenvalue weighted by atomic mass is 10.0. The van der Waals surface area contributed by atoms with Gasteiger partial charge < -0.3 is 10.2 Å². The van der Waals surface area contributed by atoms with Gasteiger partial charge in [-0.25, -0.2) is 8.78 Å². The number of halogens is 2. The molecule has 1 aliphatic heterocycles. The van der Waals surface area contributed by atoms with Crippen LogP contribution in [0.3, 0.4) is 0 Å². The summed E-state index contributed by atoms with van der Waals surface area (Å²) >= 11 is 0. The Bertz CT molecular complexity index is 1050. The lowest BCUT2D eigenvalue weighted by molar-refractivity contribution is -0.120. The first kappa shape index (κ1) is 17.9. The number of benzene rings is 3. The van der Waals surface area contributed by atoms with E-state index < -0.39 is 23.6 Å². The van der Waals surface area contributed by atoms with Crippen molar-refractivity contribution in [2.24, 2.45) is 0 Å². The zero-order valence-electron chi connectivity index (χ0n) is 14.7. The number of nitrogens with zero attached hydrogens (tertiary/aromatic N) is 1. The van der Waals surface area contributed by atoms with E-state index in [9.17, 15) is 18.4 Å². The summed E-state index contributed by atoms with van der Waals surface area (Å²) in [4.78, 5) is 27.4. The molecule has 1 heterocycles. The van der Waals surface area contributed by atoms with Gasteiger partial charge in [0.05, 0.1) is 5.69 Å². The Hall–Kier alpha value is -3.54. The molecular formula is C22H16F2N2O2. The molecule has 1 atom stereocenters. The van der Waals surface area contributed by atoms with E-state index >= 15 is 0 Å². The van der Waals surface area contributed by atoms with Crippen molar-refractivity contribution in [3.05, 3.63) is 101 Å². The molecule has 0 spiro atoms. The molecule has 0 fully saturated rings. The van der Waals surface area contributed by atoms with Crippen LogP contribution in [0.25, 0.3) is 0 Å². The molecule has 140 valence electrons. The van der Waals surface area contributed by atoms with Crippen molar-refractivity contribution in [1.29, 1.82) is 0 Å². The monoisotopic (exact) mass is 378 g/mol. The maximum absolute atomic E-state index is 14.0. The van der Waals surface area contributed by atoms with Crippen LogP contribution in [-0.4, -0.2) is 16.7 Å². The van der Waals surface area contributed by atoms with E-state index in [1.807, 2.05) is 12.1 Å². The summed E-state index contributed by atoms with van der Waals surface area (Å²) < 4.78 is 27.2. The second kappa shape index (κ2) is 7.23. The number of anilines is 1. The lowest BCUT2D eigenvalue weighted by Gasteiger charge is -2.27. The number of hydrogen-bond acceptors (Lipinski definition) is 2. The van der Waals surface area contributed by atoms with Crippen molar-refractivity contribution in [3.63, 3.8) is 0 Å². The summed E-state index contributed by atoms with van der Waals surface area (Å²) in [6.07, 6.45) is 0. The van der Waals surface area contributed by atoms with Gasteiger partial charge >= 0.3 is 0 Å². The normalized spacial score (nSPS) is 13.9. The average Bonchev–Trinajstić information content (AvgIpc) is 3.02. The molecule has 4 rings (SSSR count). The van der Waals surface area contributed by atoms with E-state index in [-0.39, 0.29) is 18.1 Å². The minimum atomic E-state index is -0.953. The molecule has 0 saturated carbocycles. The molecule has 0 radical (unpaired) electrons. The van der Waals surface area contributed by atoms with Crippen LogP contribution in [0.15, 0.2) is 72.8 Å². The van der Waals surface area contributed by atoms with Gasteiger partial charge in [-0.2, -0.15) is 0 Å². The fourth-order valence-corrected chi connectivity index (χ4v) is 3.39. The minimum Gasteiger partial charge on any atom is -0.321 e. The van der Waals surface area contributed by atoms with E-state index in [1.165, 1.54) is 4.90 Å². The third-order valence-electron chi connectivity index (χ3n) is 4.71. The standard InChI is InChI=1S/C22H16F2N2O2/c23-16-10-11-19(18(24)12-16)25-21(27)20(14-6-2-1-3-7-14)26-13-15-8-4-5-9-17(15)22(26)28/h1-12,20H,13H2,(H,25,27)/t20-/m1/s1. The van der Waals surface area contributed by atoms with Gasteiger partial charge in [-0.05, 0) is 29.3 Å². The molecule has 1 aliphatic rings. The number of fused-ring (bicyclic) bond motifs is 1. The Kier molecular flexibility index (Phi) is 4.61. The van der Waals surface area contributed by atoms with Gasteiger partial charge in [0.15, 0.2) is 0 Å². The van der Waals surface area contributed by atoms with Crippen LogP contribution in [0.2, 0.25) is 0 Å². The number of hydrogen-bond donors (Lipinski definition) is 1. The SMILES string of the molecule is O=C(Nc1ccc(F)cc1F)[C@@H](c1ccccc1)N1Cc2ccccc2C1=O. The molecule has 0 aliphatic carbocycles. The van der Waals surface area contributed by atoms with Crippen LogP contribution >= 0.6 is 0 Å². The number of carbonyl (C=O) groups excluding carboxylic acids is 2. The molecule has 0 unspecified atom stereocenters. The highest BCUT2D eigenvalue weighted by atomic mass is 19.1. The second-order valence-corrected chi connectivity index (χ2v) is 6.52. The second-order valence-electron chi connectivity index (χ2n) is 6.52. The first-order valence-corrected chi connectivity index (χ1v) is 8.74. The van der Waals surface area contributed by atoms with E-state index in [1.54, 1.807) is 42.5 Å². The molecular weight excluding hydrogens is 362 g/mol. The molecule has 4 nitrogen and oxygen atoms in total. The predicted molar refractivity (Wildman–Crippen MR) is 100 cm³/mol. The van der Waals surface area contributed by atoms with Crippen molar-refractivity contribution in [3.8, 4) is 0 Å². The van der Waals surface area contributed by atoms with Crippen molar-refractivity contribution in [2.75, 3.05) is 5.32 Å². The third-order valence-corrected chi connectivity index (χ3v) is 4.71. The molecule has 6 heteroatoms. The van der Waals surface area contributed by atoms with Crippen LogP contribution in [-0.2, 0) is 11.3 Å². The van der Waals surface area contributed by atoms with Crippen LogP contribution < -0.4 is 5.32 Å². The van der Waals surface area contributed by atoms with Crippen LogP contribution in [0.1, 0.15) is 27.5 Å². The van der Waals surface area contributed by atoms with Gasteiger partial charge in [-0.15, -0.1) is 0 Å². The topological polar surface area (TPSA) is 49.4 Å². The van der Waals surface area contributed by atoms with Gasteiger partial charge in [-0.3, -0.25) is 9.59 Å². The summed E-state index contributed by atoms with van der Waals surface area (Å²) in [5.41, 5.74) is 1.83. The van der Waals surface area contributed by atoms with Crippen molar-refractivity contribution < 1.29 is 18.4 Å². The smallest absolute Gasteiger partial charge is 0.255 e. The summed E-state index contributed by atoms with van der Waals surface area (Å²) in [5.74, 6) is -2.45. The summed E-state index contributed by atoms with van der Waals surface area (Å²) in [5, 5.41) is 2.49. The van der Waals surface area contributed by atoms with E-state index in [0.29, 0.717) is 17.2 Å². The molecule has 2 amide bonds. The number of carbonyl (C=O) groups is 2.